The molecule has 0 aromatic carbocycles. The first-order valence-corrected chi connectivity index (χ1v) is 8.58. The van der Waals surface area contributed by atoms with Crippen molar-refractivity contribution in [2.75, 3.05) is 6.61 Å². The standard InChI is InChI=1S/C19H19F4N3O3/c1-11(27)7-15-8-13(5-6-24-15)17(28)26-12(2)14-3-4-16(25-9-14)29-10-19(22,23)18(20)21/h3-6,8-9,12,18H,7,10H2,1-2H3,(H,26,28). The highest BCUT2D eigenvalue weighted by Crippen LogP contribution is 2.24. The summed E-state index contributed by atoms with van der Waals surface area (Å²) in [6, 6.07) is 5.25. The molecule has 6 nitrogen and oxygen atoms in total. The van der Waals surface area contributed by atoms with Gasteiger partial charge in [0.25, 0.3) is 5.91 Å². The molecule has 0 radical (unpaired) electrons. The van der Waals surface area contributed by atoms with Crippen molar-refractivity contribution in [2.45, 2.75) is 38.7 Å². The maximum absolute atomic E-state index is 12.9. The van der Waals surface area contributed by atoms with Crippen LogP contribution in [0.5, 0.6) is 5.88 Å². The van der Waals surface area contributed by atoms with E-state index in [-0.39, 0.29) is 18.1 Å². The summed E-state index contributed by atoms with van der Waals surface area (Å²) in [5.74, 6) is -4.99. The zero-order chi connectivity index (χ0) is 21.6. The molecule has 2 aromatic heterocycles. The van der Waals surface area contributed by atoms with Crippen molar-refractivity contribution in [1.82, 2.24) is 15.3 Å². The van der Waals surface area contributed by atoms with Crippen molar-refractivity contribution in [3.05, 3.63) is 53.5 Å². The van der Waals surface area contributed by atoms with Crippen LogP contribution in [0.1, 0.15) is 41.5 Å². The van der Waals surface area contributed by atoms with Crippen LogP contribution in [0.3, 0.4) is 0 Å². The molecule has 2 heterocycles. The number of pyridine rings is 2. The predicted octanol–water partition coefficient (Wildman–Crippen LogP) is 3.38. The summed E-state index contributed by atoms with van der Waals surface area (Å²) in [5, 5.41) is 2.73. The Morgan fingerprint density at radius 2 is 1.93 bits per heavy atom. The first-order chi connectivity index (χ1) is 13.6. The number of Topliss-reactive ketones (excluding diaryl/α,β-unsaturated/α-hetero) is 1. The highest BCUT2D eigenvalue weighted by molar-refractivity contribution is 5.94. The van der Waals surface area contributed by atoms with Gasteiger partial charge in [0.15, 0.2) is 6.61 Å². The van der Waals surface area contributed by atoms with Gasteiger partial charge < -0.3 is 10.1 Å². The summed E-state index contributed by atoms with van der Waals surface area (Å²) in [7, 11) is 0. The predicted molar refractivity (Wildman–Crippen MR) is 95.2 cm³/mol. The molecule has 0 aliphatic rings. The Kier molecular flexibility index (Phi) is 7.24. The van der Waals surface area contributed by atoms with Crippen LogP contribution in [0.4, 0.5) is 17.6 Å². The van der Waals surface area contributed by atoms with Gasteiger partial charge in [0.2, 0.25) is 5.88 Å². The van der Waals surface area contributed by atoms with Crippen LogP contribution in [0.2, 0.25) is 0 Å². The molecule has 1 atom stereocenters. The maximum Gasteiger partial charge on any atom is 0.340 e. The van der Waals surface area contributed by atoms with Crippen molar-refractivity contribution < 1.29 is 31.9 Å². The molecular formula is C19H19F4N3O3. The molecule has 1 N–H and O–H groups in total. The second kappa shape index (κ2) is 9.44. The molecule has 0 aliphatic heterocycles. The second-order valence-corrected chi connectivity index (χ2v) is 6.39. The van der Waals surface area contributed by atoms with E-state index in [0.717, 1.165) is 0 Å². The first kappa shape index (κ1) is 22.3. The van der Waals surface area contributed by atoms with Crippen molar-refractivity contribution in [3.8, 4) is 5.88 Å². The fraction of sp³-hybridized carbons (Fsp3) is 0.368. The lowest BCUT2D eigenvalue weighted by atomic mass is 10.1. The molecule has 10 heteroatoms. The molecular weight excluding hydrogens is 394 g/mol. The van der Waals surface area contributed by atoms with Crippen molar-refractivity contribution in [3.63, 3.8) is 0 Å². The number of amides is 1. The number of nitrogens with one attached hydrogen (secondary N) is 1. The molecule has 0 bridgehead atoms. The number of carbonyl (C=O) groups is 2. The van der Waals surface area contributed by atoms with E-state index in [9.17, 15) is 27.2 Å². The topological polar surface area (TPSA) is 81.2 Å². The van der Waals surface area contributed by atoms with Gasteiger partial charge in [0.1, 0.15) is 5.78 Å². The summed E-state index contributed by atoms with van der Waals surface area (Å²) < 4.78 is 54.6. The molecule has 0 fully saturated rings. The summed E-state index contributed by atoms with van der Waals surface area (Å²) in [4.78, 5) is 31.4. The van der Waals surface area contributed by atoms with Crippen LogP contribution in [-0.2, 0) is 11.2 Å². The lowest BCUT2D eigenvalue weighted by Crippen LogP contribution is -2.33. The second-order valence-electron chi connectivity index (χ2n) is 6.39. The molecule has 0 saturated carbocycles. The molecule has 1 unspecified atom stereocenters. The van der Waals surface area contributed by atoms with E-state index in [4.69, 9.17) is 0 Å². The quantitative estimate of drug-likeness (QED) is 0.638. The minimum Gasteiger partial charge on any atom is -0.471 e. The Balaban J connectivity index is 1.97. The smallest absolute Gasteiger partial charge is 0.340 e. The van der Waals surface area contributed by atoms with Crippen LogP contribution < -0.4 is 10.1 Å². The first-order valence-electron chi connectivity index (χ1n) is 8.58. The Morgan fingerprint density at radius 1 is 1.21 bits per heavy atom. The maximum atomic E-state index is 12.9. The average Bonchev–Trinajstić information content (AvgIpc) is 2.66. The minimum absolute atomic E-state index is 0.0804. The summed E-state index contributed by atoms with van der Waals surface area (Å²) >= 11 is 0. The molecule has 1 amide bonds. The number of ketones is 1. The fourth-order valence-corrected chi connectivity index (χ4v) is 2.30. The molecule has 2 rings (SSSR count). The van der Waals surface area contributed by atoms with Crippen molar-refractivity contribution in [1.29, 1.82) is 0 Å². The number of carbonyl (C=O) groups excluding carboxylic acids is 2. The number of aromatic nitrogens is 2. The number of hydrogen-bond donors (Lipinski definition) is 1. The van der Waals surface area contributed by atoms with E-state index in [0.29, 0.717) is 16.8 Å². The number of rotatable bonds is 9. The van der Waals surface area contributed by atoms with E-state index in [1.54, 1.807) is 6.92 Å². The lowest BCUT2D eigenvalue weighted by Gasteiger charge is -2.17. The number of alkyl halides is 4. The van der Waals surface area contributed by atoms with E-state index in [1.807, 2.05) is 0 Å². The number of hydrogen-bond acceptors (Lipinski definition) is 5. The van der Waals surface area contributed by atoms with E-state index >= 15 is 0 Å². The van der Waals surface area contributed by atoms with Crippen molar-refractivity contribution in [2.24, 2.45) is 0 Å². The van der Waals surface area contributed by atoms with E-state index in [1.165, 1.54) is 43.6 Å². The Labute approximate surface area is 164 Å². The van der Waals surface area contributed by atoms with Crippen LogP contribution >= 0.6 is 0 Å². The molecule has 2 aromatic rings. The van der Waals surface area contributed by atoms with Gasteiger partial charge >= 0.3 is 12.3 Å². The number of nitrogens with zero attached hydrogens (tertiary/aromatic N) is 2. The summed E-state index contributed by atoms with van der Waals surface area (Å²) in [6.07, 6.45) is -0.997. The van der Waals surface area contributed by atoms with Gasteiger partial charge in [-0.1, -0.05) is 6.07 Å². The highest BCUT2D eigenvalue weighted by Gasteiger charge is 2.41. The summed E-state index contributed by atoms with van der Waals surface area (Å²) in [5.41, 5.74) is 1.34. The zero-order valence-corrected chi connectivity index (χ0v) is 15.7. The fourth-order valence-electron chi connectivity index (χ4n) is 2.30. The minimum atomic E-state index is -4.27. The Hall–Kier alpha value is -3.04. The third-order valence-corrected chi connectivity index (χ3v) is 3.85. The summed E-state index contributed by atoms with van der Waals surface area (Å²) in [6.45, 7) is 1.61. The van der Waals surface area contributed by atoms with Crippen molar-refractivity contribution >= 4 is 11.7 Å². The van der Waals surface area contributed by atoms with Gasteiger partial charge in [-0.25, -0.2) is 13.8 Å². The lowest BCUT2D eigenvalue weighted by molar-refractivity contribution is -0.148. The molecule has 0 spiro atoms. The van der Waals surface area contributed by atoms with Crippen LogP contribution in [0.15, 0.2) is 36.7 Å². The largest absolute Gasteiger partial charge is 0.471 e. The third kappa shape index (κ3) is 6.51. The normalized spacial score (nSPS) is 12.5. The molecule has 0 aliphatic carbocycles. The Morgan fingerprint density at radius 3 is 2.52 bits per heavy atom. The van der Waals surface area contributed by atoms with Gasteiger partial charge in [-0.2, -0.15) is 8.78 Å². The van der Waals surface area contributed by atoms with E-state index in [2.05, 4.69) is 20.0 Å². The number of halogens is 4. The SMILES string of the molecule is CC(=O)Cc1cc(C(=O)NC(C)c2ccc(OCC(F)(F)C(F)F)nc2)ccn1. The zero-order valence-electron chi connectivity index (χ0n) is 15.7. The molecule has 0 saturated heterocycles. The van der Waals surface area contributed by atoms with E-state index < -0.39 is 30.9 Å². The van der Waals surface area contributed by atoms with Gasteiger partial charge in [0, 0.05) is 36.1 Å². The van der Waals surface area contributed by atoms with Gasteiger partial charge in [0.05, 0.1) is 6.04 Å². The van der Waals surface area contributed by atoms with Gasteiger partial charge in [-0.05, 0) is 31.5 Å². The average molecular weight is 413 g/mol. The van der Waals surface area contributed by atoms with Crippen LogP contribution in [-0.4, -0.2) is 40.6 Å². The van der Waals surface area contributed by atoms with Gasteiger partial charge in [-0.3, -0.25) is 14.6 Å². The van der Waals surface area contributed by atoms with Crippen LogP contribution in [0.25, 0.3) is 0 Å². The monoisotopic (exact) mass is 413 g/mol. The van der Waals surface area contributed by atoms with Crippen LogP contribution in [0, 0.1) is 0 Å². The molecule has 29 heavy (non-hydrogen) atoms. The number of ether oxygens (including phenoxy) is 1. The highest BCUT2D eigenvalue weighted by atomic mass is 19.3. The third-order valence-electron chi connectivity index (χ3n) is 3.85. The molecule has 156 valence electrons. The van der Waals surface area contributed by atoms with Gasteiger partial charge in [-0.15, -0.1) is 0 Å². The Bertz CT molecular complexity index is 860.